The van der Waals surface area contributed by atoms with Gasteiger partial charge in [-0.2, -0.15) is 0 Å². The van der Waals surface area contributed by atoms with Crippen molar-refractivity contribution in [3.05, 3.63) is 35.5 Å². The van der Waals surface area contributed by atoms with Gasteiger partial charge in [-0.15, -0.1) is 0 Å². The first-order valence-electron chi connectivity index (χ1n) is 8.56. The Balaban J connectivity index is 1.82. The second-order valence-electron chi connectivity index (χ2n) is 6.62. The lowest BCUT2D eigenvalue weighted by Crippen LogP contribution is -2.27. The molecule has 1 aliphatic heterocycles. The number of fused-ring (bicyclic) bond motifs is 3. The fourth-order valence-electron chi connectivity index (χ4n) is 4.27. The summed E-state index contributed by atoms with van der Waals surface area (Å²) in [5.74, 6) is -0.0742. The zero-order valence-electron chi connectivity index (χ0n) is 13.6. The molecule has 122 valence electrons. The predicted molar refractivity (Wildman–Crippen MR) is 88.6 cm³/mol. The monoisotopic (exact) mass is 313 g/mol. The molecule has 4 rings (SSSR count). The van der Waals surface area contributed by atoms with Crippen LogP contribution in [0.25, 0.3) is 10.9 Å². The van der Waals surface area contributed by atoms with E-state index in [0.717, 1.165) is 45.3 Å². The van der Waals surface area contributed by atoms with Crippen molar-refractivity contribution in [2.75, 3.05) is 20.3 Å². The molecule has 1 fully saturated rings. The topological polar surface area (TPSA) is 40.5 Å². The Kier molecular flexibility index (Phi) is 3.85. The Morgan fingerprint density at radius 3 is 2.78 bits per heavy atom. The predicted octanol–water partition coefficient (Wildman–Crippen LogP) is 3.27. The minimum atomic E-state index is -0.0700. The van der Waals surface area contributed by atoms with Gasteiger partial charge < -0.3 is 14.0 Å². The van der Waals surface area contributed by atoms with Crippen molar-refractivity contribution in [3.63, 3.8) is 0 Å². The summed E-state index contributed by atoms with van der Waals surface area (Å²) in [7, 11) is 1.49. The van der Waals surface area contributed by atoms with Gasteiger partial charge in [0.1, 0.15) is 0 Å². The van der Waals surface area contributed by atoms with Crippen molar-refractivity contribution >= 4 is 16.9 Å². The summed E-state index contributed by atoms with van der Waals surface area (Å²) >= 11 is 0. The van der Waals surface area contributed by atoms with Crippen LogP contribution in [0.3, 0.4) is 0 Å². The van der Waals surface area contributed by atoms with Crippen LogP contribution < -0.4 is 0 Å². The van der Waals surface area contributed by atoms with E-state index in [1.165, 1.54) is 29.3 Å². The second kappa shape index (κ2) is 6.00. The summed E-state index contributed by atoms with van der Waals surface area (Å²) in [4.78, 5) is 12.0. The Bertz CT molecular complexity index is 728. The maximum atomic E-state index is 12.0. The van der Waals surface area contributed by atoms with Gasteiger partial charge in [-0.25, -0.2) is 0 Å². The van der Waals surface area contributed by atoms with E-state index in [0.29, 0.717) is 6.04 Å². The quantitative estimate of drug-likeness (QED) is 0.799. The molecule has 2 aliphatic rings. The minimum absolute atomic E-state index is 0.00426. The maximum absolute atomic E-state index is 12.0. The SMILES string of the molecule is COC(=O)C1CCc2c(n(C3CCOCC3)c3ccccc23)C1. The van der Waals surface area contributed by atoms with Crippen molar-refractivity contribution < 1.29 is 14.3 Å². The Morgan fingerprint density at radius 1 is 1.22 bits per heavy atom. The standard InChI is InChI=1S/C19H23NO3/c1-22-19(21)13-6-7-16-15-4-2-3-5-17(15)20(18(16)12-13)14-8-10-23-11-9-14/h2-5,13-14H,6-12H2,1H3. The Labute approximate surface area is 136 Å². The number of para-hydroxylation sites is 1. The van der Waals surface area contributed by atoms with Gasteiger partial charge in [0.15, 0.2) is 0 Å². The first kappa shape index (κ1) is 14.8. The van der Waals surface area contributed by atoms with Crippen LogP contribution in [-0.2, 0) is 27.1 Å². The molecular weight excluding hydrogens is 290 g/mol. The van der Waals surface area contributed by atoms with Crippen molar-refractivity contribution in [3.8, 4) is 0 Å². The lowest BCUT2D eigenvalue weighted by Gasteiger charge is -2.29. The van der Waals surface area contributed by atoms with Gasteiger partial charge in [-0.05, 0) is 37.3 Å². The summed E-state index contributed by atoms with van der Waals surface area (Å²) in [5.41, 5.74) is 4.10. The molecule has 4 nitrogen and oxygen atoms in total. The molecular formula is C19H23NO3. The molecule has 0 radical (unpaired) electrons. The number of esters is 1. The van der Waals surface area contributed by atoms with Gasteiger partial charge in [-0.1, -0.05) is 18.2 Å². The minimum Gasteiger partial charge on any atom is -0.469 e. The molecule has 1 saturated heterocycles. The van der Waals surface area contributed by atoms with Gasteiger partial charge in [0, 0.05) is 42.3 Å². The molecule has 0 bridgehead atoms. The van der Waals surface area contributed by atoms with E-state index < -0.39 is 0 Å². The van der Waals surface area contributed by atoms with Crippen LogP contribution in [0, 0.1) is 5.92 Å². The number of nitrogens with zero attached hydrogens (tertiary/aromatic N) is 1. The molecule has 0 spiro atoms. The summed E-state index contributed by atoms with van der Waals surface area (Å²) in [6, 6.07) is 9.15. The lowest BCUT2D eigenvalue weighted by atomic mass is 9.86. The number of benzene rings is 1. The first-order chi connectivity index (χ1) is 11.3. The van der Waals surface area contributed by atoms with E-state index in [-0.39, 0.29) is 11.9 Å². The molecule has 2 aromatic rings. The number of hydrogen-bond acceptors (Lipinski definition) is 3. The summed E-state index contributed by atoms with van der Waals surface area (Å²) in [6.07, 6.45) is 4.75. The van der Waals surface area contributed by atoms with E-state index in [1.807, 2.05) is 0 Å². The molecule has 0 N–H and O–H groups in total. The number of rotatable bonds is 2. The van der Waals surface area contributed by atoms with Gasteiger partial charge in [-0.3, -0.25) is 4.79 Å². The number of carbonyl (C=O) groups excluding carboxylic acids is 1. The van der Waals surface area contributed by atoms with Crippen LogP contribution in [0.4, 0.5) is 0 Å². The van der Waals surface area contributed by atoms with E-state index >= 15 is 0 Å². The molecule has 1 unspecified atom stereocenters. The largest absolute Gasteiger partial charge is 0.469 e. The second-order valence-corrected chi connectivity index (χ2v) is 6.62. The normalized spacial score (nSPS) is 22.0. The molecule has 1 atom stereocenters. The van der Waals surface area contributed by atoms with Crippen LogP contribution >= 0.6 is 0 Å². The summed E-state index contributed by atoms with van der Waals surface area (Å²) in [5, 5.41) is 1.36. The van der Waals surface area contributed by atoms with Crippen molar-refractivity contribution in [2.24, 2.45) is 5.92 Å². The Hall–Kier alpha value is -1.81. The van der Waals surface area contributed by atoms with Crippen LogP contribution in [0.1, 0.15) is 36.6 Å². The van der Waals surface area contributed by atoms with Crippen LogP contribution in [-0.4, -0.2) is 30.9 Å². The first-order valence-corrected chi connectivity index (χ1v) is 8.56. The van der Waals surface area contributed by atoms with E-state index in [2.05, 4.69) is 28.8 Å². The van der Waals surface area contributed by atoms with E-state index in [1.54, 1.807) is 0 Å². The third kappa shape index (κ3) is 2.45. The van der Waals surface area contributed by atoms with Crippen LogP contribution in [0.2, 0.25) is 0 Å². The van der Waals surface area contributed by atoms with Crippen LogP contribution in [0.15, 0.2) is 24.3 Å². The average molecular weight is 313 g/mol. The van der Waals surface area contributed by atoms with Gasteiger partial charge >= 0.3 is 5.97 Å². The summed E-state index contributed by atoms with van der Waals surface area (Å²) < 4.78 is 13.0. The number of ether oxygens (including phenoxy) is 2. The molecule has 1 aromatic heterocycles. The Morgan fingerprint density at radius 2 is 2.00 bits per heavy atom. The fourth-order valence-corrected chi connectivity index (χ4v) is 4.27. The highest BCUT2D eigenvalue weighted by molar-refractivity contribution is 5.86. The highest BCUT2D eigenvalue weighted by Crippen LogP contribution is 2.38. The summed E-state index contributed by atoms with van der Waals surface area (Å²) in [6.45, 7) is 1.65. The van der Waals surface area contributed by atoms with Gasteiger partial charge in [0.2, 0.25) is 0 Å². The molecule has 1 aromatic carbocycles. The van der Waals surface area contributed by atoms with Crippen molar-refractivity contribution in [1.82, 2.24) is 4.57 Å². The van der Waals surface area contributed by atoms with Crippen molar-refractivity contribution in [2.45, 2.75) is 38.1 Å². The van der Waals surface area contributed by atoms with Gasteiger partial charge in [0.05, 0.1) is 13.0 Å². The molecule has 0 saturated carbocycles. The zero-order valence-corrected chi connectivity index (χ0v) is 13.6. The molecule has 23 heavy (non-hydrogen) atoms. The maximum Gasteiger partial charge on any atom is 0.309 e. The highest BCUT2D eigenvalue weighted by Gasteiger charge is 2.32. The fraction of sp³-hybridized carbons (Fsp3) is 0.526. The average Bonchev–Trinajstić information content (AvgIpc) is 2.95. The van der Waals surface area contributed by atoms with Crippen molar-refractivity contribution in [1.29, 1.82) is 0 Å². The highest BCUT2D eigenvalue weighted by atomic mass is 16.5. The molecule has 0 amide bonds. The van der Waals surface area contributed by atoms with Gasteiger partial charge in [0.25, 0.3) is 0 Å². The molecule has 2 heterocycles. The number of methoxy groups -OCH3 is 1. The number of carbonyl (C=O) groups is 1. The smallest absolute Gasteiger partial charge is 0.309 e. The number of hydrogen-bond donors (Lipinski definition) is 0. The third-order valence-corrected chi connectivity index (χ3v) is 5.40. The van der Waals surface area contributed by atoms with E-state index in [4.69, 9.17) is 9.47 Å². The molecule has 4 heteroatoms. The zero-order chi connectivity index (χ0) is 15.8. The molecule has 1 aliphatic carbocycles. The van der Waals surface area contributed by atoms with E-state index in [9.17, 15) is 4.79 Å². The number of aryl methyl sites for hydroxylation is 1. The third-order valence-electron chi connectivity index (χ3n) is 5.40. The van der Waals surface area contributed by atoms with Crippen LogP contribution in [0.5, 0.6) is 0 Å². The lowest BCUT2D eigenvalue weighted by molar-refractivity contribution is -0.145. The number of aromatic nitrogens is 1.